The second-order valence-electron chi connectivity index (χ2n) is 5.08. The van der Waals surface area contributed by atoms with Gasteiger partial charge in [0, 0.05) is 12.2 Å². The first kappa shape index (κ1) is 13.9. The standard InChI is InChI=1S/C12H16F3N3O/c1-8-2-3-9(6-8)16-11(19)7-18-5-4-10(17-18)12(13,14)15/h4-5,8-9H,2-3,6-7H2,1H3,(H,16,19). The fraction of sp³-hybridized carbons (Fsp3) is 0.667. The summed E-state index contributed by atoms with van der Waals surface area (Å²) >= 11 is 0. The third-order valence-electron chi connectivity index (χ3n) is 3.30. The minimum absolute atomic E-state index is 0.139. The Hall–Kier alpha value is -1.53. The second-order valence-corrected chi connectivity index (χ2v) is 5.08. The Morgan fingerprint density at radius 1 is 1.53 bits per heavy atom. The number of halogens is 3. The van der Waals surface area contributed by atoms with Crippen molar-refractivity contribution >= 4 is 5.91 Å². The zero-order valence-corrected chi connectivity index (χ0v) is 10.6. The number of carbonyl (C=O) groups excluding carboxylic acids is 1. The topological polar surface area (TPSA) is 46.9 Å². The highest BCUT2D eigenvalue weighted by atomic mass is 19.4. The normalized spacial score (nSPS) is 23.6. The van der Waals surface area contributed by atoms with Crippen molar-refractivity contribution in [2.45, 2.75) is 44.9 Å². The first-order valence-electron chi connectivity index (χ1n) is 6.24. The molecule has 1 aliphatic rings. The van der Waals surface area contributed by atoms with E-state index >= 15 is 0 Å². The maximum atomic E-state index is 12.3. The average molecular weight is 275 g/mol. The van der Waals surface area contributed by atoms with Crippen molar-refractivity contribution in [2.75, 3.05) is 0 Å². The summed E-state index contributed by atoms with van der Waals surface area (Å²) in [5, 5.41) is 6.17. The molecule has 1 aromatic heterocycles. The Kier molecular flexibility index (Phi) is 3.82. The van der Waals surface area contributed by atoms with E-state index in [9.17, 15) is 18.0 Å². The van der Waals surface area contributed by atoms with Gasteiger partial charge in [-0.15, -0.1) is 0 Å². The average Bonchev–Trinajstić information content (AvgIpc) is 2.87. The van der Waals surface area contributed by atoms with Gasteiger partial charge >= 0.3 is 6.18 Å². The number of aromatic nitrogens is 2. The summed E-state index contributed by atoms with van der Waals surface area (Å²) in [5.41, 5.74) is -0.977. The van der Waals surface area contributed by atoms with Crippen molar-refractivity contribution in [3.63, 3.8) is 0 Å². The van der Waals surface area contributed by atoms with Crippen LogP contribution in [0.3, 0.4) is 0 Å². The van der Waals surface area contributed by atoms with E-state index in [-0.39, 0.29) is 18.5 Å². The van der Waals surface area contributed by atoms with Crippen molar-refractivity contribution in [2.24, 2.45) is 5.92 Å². The van der Waals surface area contributed by atoms with Crippen LogP contribution in [-0.4, -0.2) is 21.7 Å². The minimum Gasteiger partial charge on any atom is -0.352 e. The van der Waals surface area contributed by atoms with E-state index in [1.807, 2.05) is 0 Å². The van der Waals surface area contributed by atoms with Crippen LogP contribution in [-0.2, 0) is 17.5 Å². The van der Waals surface area contributed by atoms with E-state index in [0.717, 1.165) is 30.0 Å². The molecule has 1 saturated carbocycles. The largest absolute Gasteiger partial charge is 0.435 e. The minimum atomic E-state index is -4.47. The van der Waals surface area contributed by atoms with Crippen LogP contribution < -0.4 is 5.32 Å². The number of carbonyl (C=O) groups is 1. The highest BCUT2D eigenvalue weighted by Gasteiger charge is 2.33. The van der Waals surface area contributed by atoms with E-state index in [1.54, 1.807) is 0 Å². The van der Waals surface area contributed by atoms with Gasteiger partial charge in [-0.25, -0.2) is 0 Å². The third-order valence-corrected chi connectivity index (χ3v) is 3.30. The lowest BCUT2D eigenvalue weighted by atomic mass is 10.1. The summed E-state index contributed by atoms with van der Waals surface area (Å²) in [6.07, 6.45) is -0.369. The Labute approximate surface area is 109 Å². The lowest BCUT2D eigenvalue weighted by Crippen LogP contribution is -2.35. The molecule has 0 radical (unpaired) electrons. The van der Waals surface area contributed by atoms with Gasteiger partial charge in [0.2, 0.25) is 5.91 Å². The van der Waals surface area contributed by atoms with E-state index in [0.29, 0.717) is 5.92 Å². The zero-order valence-electron chi connectivity index (χ0n) is 10.6. The molecule has 7 heteroatoms. The molecule has 0 aromatic carbocycles. The van der Waals surface area contributed by atoms with E-state index in [4.69, 9.17) is 0 Å². The SMILES string of the molecule is CC1CCC(NC(=O)Cn2ccc(C(F)(F)F)n2)C1. The quantitative estimate of drug-likeness (QED) is 0.919. The van der Waals surface area contributed by atoms with Crippen molar-refractivity contribution in [1.29, 1.82) is 0 Å². The maximum Gasteiger partial charge on any atom is 0.435 e. The fourth-order valence-corrected chi connectivity index (χ4v) is 2.36. The summed E-state index contributed by atoms with van der Waals surface area (Å²) in [7, 11) is 0. The Bertz CT molecular complexity index is 455. The van der Waals surface area contributed by atoms with Crippen molar-refractivity contribution in [3.05, 3.63) is 18.0 Å². The molecule has 19 heavy (non-hydrogen) atoms. The molecule has 1 fully saturated rings. The van der Waals surface area contributed by atoms with Crippen LogP contribution in [0.2, 0.25) is 0 Å². The number of alkyl halides is 3. The van der Waals surface area contributed by atoms with Gasteiger partial charge in [0.25, 0.3) is 0 Å². The van der Waals surface area contributed by atoms with E-state index in [2.05, 4.69) is 17.3 Å². The predicted octanol–water partition coefficient (Wildman–Crippen LogP) is 2.21. The fourth-order valence-electron chi connectivity index (χ4n) is 2.36. The number of nitrogens with one attached hydrogen (secondary N) is 1. The van der Waals surface area contributed by atoms with Gasteiger partial charge in [0.1, 0.15) is 6.54 Å². The Morgan fingerprint density at radius 3 is 2.79 bits per heavy atom. The smallest absolute Gasteiger partial charge is 0.352 e. The highest BCUT2D eigenvalue weighted by molar-refractivity contribution is 5.75. The van der Waals surface area contributed by atoms with Crippen LogP contribution in [0.15, 0.2) is 12.3 Å². The lowest BCUT2D eigenvalue weighted by Gasteiger charge is -2.12. The third kappa shape index (κ3) is 3.71. The number of nitrogens with zero attached hydrogens (tertiary/aromatic N) is 2. The molecule has 1 aliphatic carbocycles. The summed E-state index contributed by atoms with van der Waals surface area (Å²) in [4.78, 5) is 11.7. The molecule has 1 amide bonds. The molecule has 0 bridgehead atoms. The summed E-state index contributed by atoms with van der Waals surface area (Å²) in [6, 6.07) is 1.01. The van der Waals surface area contributed by atoms with Gasteiger partial charge in [-0.2, -0.15) is 18.3 Å². The molecule has 2 unspecified atom stereocenters. The molecule has 1 N–H and O–H groups in total. The molecule has 106 valence electrons. The van der Waals surface area contributed by atoms with Gasteiger partial charge in [-0.05, 0) is 31.2 Å². The van der Waals surface area contributed by atoms with Crippen molar-refractivity contribution in [3.8, 4) is 0 Å². The Balaban J connectivity index is 1.87. The van der Waals surface area contributed by atoms with E-state index < -0.39 is 11.9 Å². The van der Waals surface area contributed by atoms with Gasteiger partial charge in [0.05, 0.1) is 0 Å². The Morgan fingerprint density at radius 2 is 2.26 bits per heavy atom. The number of rotatable bonds is 3. The maximum absolute atomic E-state index is 12.3. The van der Waals surface area contributed by atoms with Crippen molar-refractivity contribution in [1.82, 2.24) is 15.1 Å². The molecular weight excluding hydrogens is 259 g/mol. The van der Waals surface area contributed by atoms with Crippen LogP contribution in [0.4, 0.5) is 13.2 Å². The molecule has 0 saturated heterocycles. The summed E-state index contributed by atoms with van der Waals surface area (Å²) in [5.74, 6) is 0.294. The summed E-state index contributed by atoms with van der Waals surface area (Å²) < 4.78 is 38.0. The molecule has 1 heterocycles. The zero-order chi connectivity index (χ0) is 14.0. The van der Waals surface area contributed by atoms with Gasteiger partial charge in [-0.1, -0.05) is 6.92 Å². The molecule has 4 nitrogen and oxygen atoms in total. The van der Waals surface area contributed by atoms with Crippen LogP contribution in [0.1, 0.15) is 31.9 Å². The molecule has 2 atom stereocenters. The monoisotopic (exact) mass is 275 g/mol. The molecule has 1 aromatic rings. The second kappa shape index (κ2) is 5.22. The van der Waals surface area contributed by atoms with Gasteiger partial charge in [-0.3, -0.25) is 9.48 Å². The van der Waals surface area contributed by atoms with Crippen LogP contribution in [0.5, 0.6) is 0 Å². The predicted molar refractivity (Wildman–Crippen MR) is 62.2 cm³/mol. The van der Waals surface area contributed by atoms with Crippen molar-refractivity contribution < 1.29 is 18.0 Å². The first-order chi connectivity index (χ1) is 8.84. The number of amides is 1. The first-order valence-corrected chi connectivity index (χ1v) is 6.24. The van der Waals surface area contributed by atoms with Crippen LogP contribution in [0.25, 0.3) is 0 Å². The molecule has 0 spiro atoms. The summed E-state index contributed by atoms with van der Waals surface area (Å²) in [6.45, 7) is 1.94. The van der Waals surface area contributed by atoms with Gasteiger partial charge < -0.3 is 5.32 Å². The van der Waals surface area contributed by atoms with Crippen LogP contribution >= 0.6 is 0 Å². The van der Waals surface area contributed by atoms with Gasteiger partial charge in [0.15, 0.2) is 5.69 Å². The molecular formula is C12H16F3N3O. The molecule has 2 rings (SSSR count). The number of hydrogen-bond acceptors (Lipinski definition) is 2. The lowest BCUT2D eigenvalue weighted by molar-refractivity contribution is -0.141. The molecule has 0 aliphatic heterocycles. The van der Waals surface area contributed by atoms with Crippen LogP contribution in [0, 0.1) is 5.92 Å². The highest BCUT2D eigenvalue weighted by Crippen LogP contribution is 2.27. The number of hydrogen-bond donors (Lipinski definition) is 1. The van der Waals surface area contributed by atoms with E-state index in [1.165, 1.54) is 6.20 Å².